The SMILES string of the molecule is C=CCN(CC=C)C(=O)C(Cl)Cl.CC(C)OC(=O)c1cc(-c2nn(C)c(C(F)(F)F)c2Br)c(F)cc1Cl.CCc1cccc(C)c1N(C(=O)CCl)C(C)COC.CP(=O)(O)CCC(N)C(=O)O. The van der Waals surface area contributed by atoms with E-state index in [0.717, 1.165) is 42.4 Å². The number of anilines is 1. The third kappa shape index (κ3) is 21.3. The number of esters is 1. The second-order valence-electron chi connectivity index (χ2n) is 14.7. The van der Waals surface area contributed by atoms with E-state index in [1.165, 1.54) is 11.6 Å². The molecule has 0 aliphatic rings. The largest absolute Gasteiger partial charge is 0.480 e. The van der Waals surface area contributed by atoms with Gasteiger partial charge in [-0.1, -0.05) is 72.1 Å². The Morgan fingerprint density at radius 1 is 1.10 bits per heavy atom. The van der Waals surface area contributed by atoms with E-state index in [9.17, 15) is 41.3 Å². The molecule has 0 radical (unpaired) electrons. The number of hydrogen-bond acceptors (Lipinski definition) is 9. The van der Waals surface area contributed by atoms with Crippen molar-refractivity contribution in [1.29, 1.82) is 0 Å². The van der Waals surface area contributed by atoms with Gasteiger partial charge in [0.1, 0.15) is 23.4 Å². The molecule has 1 aromatic heterocycles. The highest BCUT2D eigenvalue weighted by Gasteiger charge is 2.39. The molecule has 3 aromatic rings. The molecule has 3 rings (SSSR count). The maximum absolute atomic E-state index is 14.3. The van der Waals surface area contributed by atoms with Crippen LogP contribution < -0.4 is 10.6 Å². The fourth-order valence-electron chi connectivity index (χ4n) is 5.67. The number of aromatic nitrogens is 2. The monoisotopic (exact) mass is 1110 g/mol. The average molecular weight is 1120 g/mol. The first-order valence-corrected chi connectivity index (χ1v) is 24.8. The lowest BCUT2D eigenvalue weighted by atomic mass is 10.0. The van der Waals surface area contributed by atoms with Gasteiger partial charge in [-0.25, -0.2) is 9.18 Å². The number of carbonyl (C=O) groups excluding carboxylic acids is 3. The van der Waals surface area contributed by atoms with Crippen molar-refractivity contribution < 1.29 is 60.8 Å². The number of hydrogen-bond donors (Lipinski definition) is 3. The average Bonchev–Trinajstić information content (AvgIpc) is 3.53. The normalized spacial score (nSPS) is 12.7. The highest BCUT2D eigenvalue weighted by molar-refractivity contribution is 9.10. The first-order valence-electron chi connectivity index (χ1n) is 20.0. The number of carboxylic acids is 1. The van der Waals surface area contributed by atoms with Crippen LogP contribution in [0.5, 0.6) is 0 Å². The summed E-state index contributed by atoms with van der Waals surface area (Å²) in [6, 6.07) is 6.87. The molecule has 67 heavy (non-hydrogen) atoms. The van der Waals surface area contributed by atoms with Crippen LogP contribution in [0.15, 0.2) is 60.1 Å². The minimum absolute atomic E-state index is 0.0223. The van der Waals surface area contributed by atoms with Crippen LogP contribution in [-0.2, 0) is 48.1 Å². The van der Waals surface area contributed by atoms with E-state index in [1.54, 1.807) is 38.0 Å². The third-order valence-electron chi connectivity index (χ3n) is 8.68. The minimum atomic E-state index is -4.69. The summed E-state index contributed by atoms with van der Waals surface area (Å²) < 4.78 is 74.5. The molecular formula is C43H57BrCl4F4N5O9P. The van der Waals surface area contributed by atoms with Crippen LogP contribution in [0.1, 0.15) is 61.3 Å². The van der Waals surface area contributed by atoms with Crippen molar-refractivity contribution in [3.05, 3.63) is 93.3 Å². The van der Waals surface area contributed by atoms with E-state index >= 15 is 0 Å². The molecule has 1 heterocycles. The van der Waals surface area contributed by atoms with Crippen molar-refractivity contribution >= 4 is 99.1 Å². The van der Waals surface area contributed by atoms with E-state index in [4.69, 9.17) is 71.6 Å². The lowest BCUT2D eigenvalue weighted by Gasteiger charge is -2.31. The Kier molecular flexibility index (Phi) is 28.6. The van der Waals surface area contributed by atoms with Gasteiger partial charge >= 0.3 is 18.1 Å². The Morgan fingerprint density at radius 2 is 1.67 bits per heavy atom. The van der Waals surface area contributed by atoms with E-state index in [2.05, 4.69) is 47.2 Å². The molecule has 2 aromatic carbocycles. The van der Waals surface area contributed by atoms with Crippen LogP contribution in [0.4, 0.5) is 23.2 Å². The summed E-state index contributed by atoms with van der Waals surface area (Å²) in [5.41, 5.74) is 6.44. The van der Waals surface area contributed by atoms with Crippen LogP contribution >= 0.6 is 69.7 Å². The first-order chi connectivity index (χ1) is 30.9. The smallest absolute Gasteiger partial charge is 0.434 e. The van der Waals surface area contributed by atoms with Crippen LogP contribution in [0.25, 0.3) is 11.3 Å². The summed E-state index contributed by atoms with van der Waals surface area (Å²) in [6.45, 7) is 18.9. The van der Waals surface area contributed by atoms with Crippen LogP contribution in [0, 0.1) is 12.7 Å². The summed E-state index contributed by atoms with van der Waals surface area (Å²) >= 11 is 25.2. The van der Waals surface area contributed by atoms with Crippen LogP contribution in [0.3, 0.4) is 0 Å². The van der Waals surface area contributed by atoms with Gasteiger partial charge in [0.2, 0.25) is 5.91 Å². The molecule has 3 atom stereocenters. The van der Waals surface area contributed by atoms with Crippen molar-refractivity contribution in [2.75, 3.05) is 50.4 Å². The van der Waals surface area contributed by atoms with Gasteiger partial charge in [0.15, 0.2) is 17.9 Å². The number of aryl methyl sites for hydroxylation is 3. The number of carbonyl (C=O) groups is 4. The van der Waals surface area contributed by atoms with E-state index in [1.807, 2.05) is 26.0 Å². The number of carboxylic acid groups (broad SMARTS) is 1. The minimum Gasteiger partial charge on any atom is -0.480 e. The van der Waals surface area contributed by atoms with E-state index in [0.29, 0.717) is 24.4 Å². The van der Waals surface area contributed by atoms with Gasteiger partial charge in [-0.05, 0) is 79.7 Å². The molecule has 0 fully saturated rings. The van der Waals surface area contributed by atoms with Crippen LogP contribution in [-0.4, -0.2) is 117 Å². The van der Waals surface area contributed by atoms with Crippen molar-refractivity contribution in [2.24, 2.45) is 12.8 Å². The van der Waals surface area contributed by atoms with Gasteiger partial charge < -0.3 is 35.0 Å². The quantitative estimate of drug-likeness (QED) is 0.0361. The Labute approximate surface area is 416 Å². The number of alkyl halides is 6. The van der Waals surface area contributed by atoms with Gasteiger partial charge in [0.05, 0.1) is 39.5 Å². The van der Waals surface area contributed by atoms with Crippen molar-refractivity contribution in [2.45, 2.75) is 76.7 Å². The number of para-hydroxylation sites is 1. The molecule has 24 heteroatoms. The molecular weight excluding hydrogens is 1060 g/mol. The molecule has 2 amide bonds. The Hall–Kier alpha value is -3.52. The highest BCUT2D eigenvalue weighted by Crippen LogP contribution is 2.41. The zero-order valence-electron chi connectivity index (χ0n) is 38.2. The van der Waals surface area contributed by atoms with Gasteiger partial charge in [0.25, 0.3) is 5.91 Å². The fourth-order valence-corrected chi connectivity index (χ4v) is 7.83. The standard InChI is InChI=1S/C15H12BrClF4N2O2.C15H22ClNO2.C8H11Cl2NO.C5H12NO4P/c1-6(2)25-14(24)7-4-8(10(18)5-9(7)17)12-11(16)13(15(19,20)21)23(3)22-12;1-5-13-8-6-7-11(2)15(13)17(14(18)9-16)12(3)10-19-4;1-3-5-11(6-4-2)8(12)7(9)10;1-11(9,10)3-2-4(6)5(7)8/h4-6H,1-3H3;6-8,12H,5,9-10H2,1-4H3;3-4,7H,1-2,5-6H2;4H,2-3,6H2,1H3,(H,7,8)(H,9,10). The number of rotatable bonds is 18. The summed E-state index contributed by atoms with van der Waals surface area (Å²) in [5, 5.41) is 11.8. The predicted molar refractivity (Wildman–Crippen MR) is 260 cm³/mol. The third-order valence-corrected chi connectivity index (χ3v) is 11.4. The second kappa shape index (κ2) is 30.2. The zero-order chi connectivity index (χ0) is 52.1. The van der Waals surface area contributed by atoms with E-state index < -0.39 is 58.4 Å². The molecule has 376 valence electrons. The Balaban J connectivity index is 0.000000920. The predicted octanol–water partition coefficient (Wildman–Crippen LogP) is 10.1. The number of nitrogens with zero attached hydrogens (tertiary/aromatic N) is 4. The molecule has 0 saturated heterocycles. The molecule has 0 aliphatic carbocycles. The topological polar surface area (TPSA) is 195 Å². The lowest BCUT2D eigenvalue weighted by molar-refractivity contribution is -0.144. The molecule has 4 N–H and O–H groups in total. The summed E-state index contributed by atoms with van der Waals surface area (Å²) in [6.07, 6.45) is -1.05. The van der Waals surface area contributed by atoms with Gasteiger partial charge in [-0.3, -0.25) is 23.6 Å². The summed E-state index contributed by atoms with van der Waals surface area (Å²) in [7, 11) is -0.383. The van der Waals surface area contributed by atoms with Gasteiger partial charge in [-0.15, -0.1) is 24.8 Å². The molecule has 0 saturated carbocycles. The number of ether oxygens (including phenoxy) is 2. The number of benzene rings is 2. The number of methoxy groups -OCH3 is 1. The maximum Gasteiger partial charge on any atom is 0.434 e. The van der Waals surface area contributed by atoms with Crippen LogP contribution in [0.2, 0.25) is 5.02 Å². The Bertz CT molecular complexity index is 2190. The lowest BCUT2D eigenvalue weighted by Crippen LogP contribution is -2.43. The zero-order valence-corrected chi connectivity index (χ0v) is 43.7. The summed E-state index contributed by atoms with van der Waals surface area (Å²) in [5.74, 6) is -3.30. The molecule has 0 spiro atoms. The molecule has 14 nitrogen and oxygen atoms in total. The van der Waals surface area contributed by atoms with Crippen molar-refractivity contribution in [3.8, 4) is 11.3 Å². The van der Waals surface area contributed by atoms with Crippen molar-refractivity contribution in [3.63, 3.8) is 0 Å². The number of amides is 2. The number of aliphatic carboxylic acids is 1. The maximum atomic E-state index is 14.3. The van der Waals surface area contributed by atoms with Crippen molar-refractivity contribution in [1.82, 2.24) is 14.7 Å². The molecule has 3 unspecified atom stereocenters. The summed E-state index contributed by atoms with van der Waals surface area (Å²) in [4.78, 5) is 56.5. The second-order valence-corrected chi connectivity index (χ2v) is 19.8. The molecule has 0 aliphatic heterocycles. The number of nitrogens with two attached hydrogens (primary N) is 1. The Morgan fingerprint density at radius 3 is 2.09 bits per heavy atom. The first kappa shape index (κ1) is 63.5. The highest BCUT2D eigenvalue weighted by atomic mass is 79.9. The molecule has 0 bridgehead atoms. The fraction of sp³-hybridized carbons (Fsp3) is 0.465. The number of halogens is 9. The van der Waals surface area contributed by atoms with Gasteiger partial charge in [-0.2, -0.15) is 18.3 Å². The van der Waals surface area contributed by atoms with Gasteiger partial charge in [0, 0.05) is 45.6 Å². The van der Waals surface area contributed by atoms with E-state index in [-0.39, 0.29) is 58.2 Å².